The Morgan fingerprint density at radius 2 is 1.91 bits per heavy atom. The molecule has 4 nitrogen and oxygen atoms in total. The molecule has 0 aromatic carbocycles. The van der Waals surface area contributed by atoms with Crippen molar-refractivity contribution in [1.29, 1.82) is 0 Å². The molecular formula is C7H17NO3. The van der Waals surface area contributed by atoms with Gasteiger partial charge in [-0.1, -0.05) is 20.3 Å². The maximum Gasteiger partial charge on any atom is 0.320 e. The molecule has 0 aliphatic carbocycles. The van der Waals surface area contributed by atoms with Crippen molar-refractivity contribution in [3.63, 3.8) is 0 Å². The summed E-state index contributed by atoms with van der Waals surface area (Å²) < 4.78 is 0. The lowest BCUT2D eigenvalue weighted by molar-refractivity contribution is -0.139. The molecule has 11 heavy (non-hydrogen) atoms. The molecule has 0 rings (SSSR count). The van der Waals surface area contributed by atoms with Gasteiger partial charge in [-0.05, 0) is 5.92 Å². The van der Waals surface area contributed by atoms with E-state index in [0.717, 1.165) is 13.5 Å². The zero-order valence-electron chi connectivity index (χ0n) is 7.24. The minimum Gasteiger partial charge on any atom is -0.480 e. The third-order valence-electron chi connectivity index (χ3n) is 1.54. The number of rotatable bonds is 3. The second-order valence-corrected chi connectivity index (χ2v) is 2.25. The van der Waals surface area contributed by atoms with E-state index < -0.39 is 12.0 Å². The van der Waals surface area contributed by atoms with Gasteiger partial charge >= 0.3 is 5.97 Å². The number of carboxylic acid groups (broad SMARTS) is 1. The van der Waals surface area contributed by atoms with Gasteiger partial charge in [-0.25, -0.2) is 0 Å². The first-order valence-corrected chi connectivity index (χ1v) is 3.52. The fraction of sp³-hybridized carbons (Fsp3) is 0.857. The molecule has 4 heteroatoms. The van der Waals surface area contributed by atoms with E-state index in [0.29, 0.717) is 0 Å². The summed E-state index contributed by atoms with van der Waals surface area (Å²) >= 11 is 0. The maximum atomic E-state index is 10.2. The van der Waals surface area contributed by atoms with Crippen LogP contribution in [0.15, 0.2) is 0 Å². The summed E-state index contributed by atoms with van der Waals surface area (Å²) in [5.74, 6) is -0.841. The molecule has 0 aromatic rings. The highest BCUT2D eigenvalue weighted by Crippen LogP contribution is 2.04. The summed E-state index contributed by atoms with van der Waals surface area (Å²) in [6.07, 6.45) is 0.813. The Balaban J connectivity index is 0. The summed E-state index contributed by atoms with van der Waals surface area (Å²) in [6.45, 7) is 3.76. The lowest BCUT2D eigenvalue weighted by atomic mass is 10.0. The van der Waals surface area contributed by atoms with Crippen LogP contribution in [0.3, 0.4) is 0 Å². The molecule has 0 amide bonds. The fourth-order valence-corrected chi connectivity index (χ4v) is 0.497. The highest BCUT2D eigenvalue weighted by Gasteiger charge is 2.17. The molecule has 0 unspecified atom stereocenters. The summed E-state index contributed by atoms with van der Waals surface area (Å²) in [5, 5.41) is 15.4. The molecule has 68 valence electrons. The van der Waals surface area contributed by atoms with Gasteiger partial charge in [-0.3, -0.25) is 4.79 Å². The van der Waals surface area contributed by atoms with Crippen molar-refractivity contribution in [1.82, 2.24) is 0 Å². The van der Waals surface area contributed by atoms with Crippen LogP contribution in [0.2, 0.25) is 0 Å². The zero-order chi connectivity index (χ0) is 9.44. The molecular weight excluding hydrogens is 146 g/mol. The number of aliphatic hydroxyl groups is 1. The molecule has 0 fully saturated rings. The topological polar surface area (TPSA) is 83.6 Å². The number of aliphatic carboxylic acids is 1. The maximum absolute atomic E-state index is 10.2. The number of nitrogens with two attached hydrogens (primary N) is 1. The van der Waals surface area contributed by atoms with Gasteiger partial charge in [0.15, 0.2) is 0 Å². The molecule has 4 N–H and O–H groups in total. The van der Waals surface area contributed by atoms with E-state index in [1.807, 2.05) is 13.8 Å². The molecule has 0 heterocycles. The van der Waals surface area contributed by atoms with Crippen LogP contribution in [0.5, 0.6) is 0 Å². The van der Waals surface area contributed by atoms with Gasteiger partial charge in [0.2, 0.25) is 0 Å². The molecule has 0 aliphatic heterocycles. The normalized spacial score (nSPS) is 14.3. The average molecular weight is 163 g/mol. The highest BCUT2D eigenvalue weighted by atomic mass is 16.4. The van der Waals surface area contributed by atoms with E-state index in [9.17, 15) is 4.79 Å². The second-order valence-electron chi connectivity index (χ2n) is 2.25. The van der Waals surface area contributed by atoms with E-state index in [1.165, 1.54) is 0 Å². The predicted molar refractivity (Wildman–Crippen MR) is 43.2 cm³/mol. The number of carbonyl (C=O) groups is 1. The SMILES string of the molecule is CC[C@@H](C)[C@@H](N)C(=O)O.CO. The quantitative estimate of drug-likeness (QED) is 0.549. The van der Waals surface area contributed by atoms with E-state index in [1.54, 1.807) is 0 Å². The fourth-order valence-electron chi connectivity index (χ4n) is 0.497. The van der Waals surface area contributed by atoms with Crippen molar-refractivity contribution in [2.45, 2.75) is 26.3 Å². The predicted octanol–water partition coefficient (Wildman–Crippen LogP) is 0.0529. The van der Waals surface area contributed by atoms with Crippen molar-refractivity contribution in [3.8, 4) is 0 Å². The summed E-state index contributed by atoms with van der Waals surface area (Å²) in [6, 6.07) is -0.699. The lowest BCUT2D eigenvalue weighted by Gasteiger charge is -2.11. The lowest BCUT2D eigenvalue weighted by Crippen LogP contribution is -2.36. The Morgan fingerprint density at radius 3 is 2.00 bits per heavy atom. The molecule has 0 aliphatic rings. The van der Waals surface area contributed by atoms with Crippen LogP contribution < -0.4 is 5.73 Å². The van der Waals surface area contributed by atoms with Crippen molar-refractivity contribution in [2.24, 2.45) is 11.7 Å². The van der Waals surface area contributed by atoms with Gasteiger partial charge in [0.05, 0.1) is 0 Å². The number of hydrogen-bond donors (Lipinski definition) is 3. The Labute approximate surface area is 67.0 Å². The van der Waals surface area contributed by atoms with Crippen molar-refractivity contribution < 1.29 is 15.0 Å². The van der Waals surface area contributed by atoms with E-state index in [4.69, 9.17) is 15.9 Å². The first-order chi connectivity index (χ1) is 5.09. The van der Waals surface area contributed by atoms with Gasteiger partial charge in [-0.2, -0.15) is 0 Å². The molecule has 0 saturated heterocycles. The van der Waals surface area contributed by atoms with Gasteiger partial charge in [0.25, 0.3) is 0 Å². The summed E-state index contributed by atoms with van der Waals surface area (Å²) in [5.41, 5.74) is 5.27. The Kier molecular flexibility index (Phi) is 8.87. The average Bonchev–Trinajstić information content (AvgIpc) is 2.05. The smallest absolute Gasteiger partial charge is 0.320 e. The van der Waals surface area contributed by atoms with Crippen LogP contribution in [0.25, 0.3) is 0 Å². The van der Waals surface area contributed by atoms with Gasteiger partial charge < -0.3 is 15.9 Å². The van der Waals surface area contributed by atoms with E-state index >= 15 is 0 Å². The van der Waals surface area contributed by atoms with Crippen LogP contribution in [0, 0.1) is 5.92 Å². The summed E-state index contributed by atoms with van der Waals surface area (Å²) in [7, 11) is 1.00. The van der Waals surface area contributed by atoms with Gasteiger partial charge in [0.1, 0.15) is 6.04 Å². The standard InChI is InChI=1S/C6H13NO2.CH4O/c1-3-4(2)5(7)6(8)9;1-2/h4-5H,3,7H2,1-2H3,(H,8,9);2H,1H3/t4-,5-;/m1./s1. The highest BCUT2D eigenvalue weighted by molar-refractivity contribution is 5.73. The molecule has 0 spiro atoms. The Morgan fingerprint density at radius 1 is 1.55 bits per heavy atom. The molecule has 0 saturated carbocycles. The number of hydrogen-bond acceptors (Lipinski definition) is 3. The van der Waals surface area contributed by atoms with Crippen molar-refractivity contribution in [3.05, 3.63) is 0 Å². The zero-order valence-corrected chi connectivity index (χ0v) is 7.24. The van der Waals surface area contributed by atoms with Crippen LogP contribution >= 0.6 is 0 Å². The van der Waals surface area contributed by atoms with Crippen molar-refractivity contribution >= 4 is 5.97 Å². The third kappa shape index (κ3) is 5.82. The largest absolute Gasteiger partial charge is 0.480 e. The van der Waals surface area contributed by atoms with Crippen LogP contribution in [-0.4, -0.2) is 29.3 Å². The Bertz CT molecular complexity index is 106. The first kappa shape index (κ1) is 13.0. The van der Waals surface area contributed by atoms with Crippen LogP contribution in [0.1, 0.15) is 20.3 Å². The number of carboxylic acids is 1. The molecule has 2 atom stereocenters. The Hall–Kier alpha value is -0.610. The number of aliphatic hydroxyl groups excluding tert-OH is 1. The van der Waals surface area contributed by atoms with Gasteiger partial charge in [-0.15, -0.1) is 0 Å². The molecule has 0 aromatic heterocycles. The minimum absolute atomic E-state index is 0.0718. The second kappa shape index (κ2) is 7.50. The molecule has 0 radical (unpaired) electrons. The first-order valence-electron chi connectivity index (χ1n) is 3.52. The minimum atomic E-state index is -0.913. The van der Waals surface area contributed by atoms with Crippen LogP contribution in [-0.2, 0) is 4.79 Å². The van der Waals surface area contributed by atoms with Gasteiger partial charge in [0, 0.05) is 7.11 Å². The van der Waals surface area contributed by atoms with E-state index in [-0.39, 0.29) is 5.92 Å². The third-order valence-corrected chi connectivity index (χ3v) is 1.54. The monoisotopic (exact) mass is 163 g/mol. The van der Waals surface area contributed by atoms with E-state index in [2.05, 4.69) is 0 Å². The van der Waals surface area contributed by atoms with Crippen LogP contribution in [0.4, 0.5) is 0 Å². The molecule has 0 bridgehead atoms. The van der Waals surface area contributed by atoms with Crippen molar-refractivity contribution in [2.75, 3.05) is 7.11 Å². The summed E-state index contributed by atoms with van der Waals surface area (Å²) in [4.78, 5) is 10.2.